The molecule has 0 fully saturated rings. The molecule has 0 saturated heterocycles. The van der Waals surface area contributed by atoms with Gasteiger partial charge in [-0.1, -0.05) is 0 Å². The predicted octanol–water partition coefficient (Wildman–Crippen LogP) is 0.380. The van der Waals surface area contributed by atoms with Crippen LogP contribution in [0.2, 0.25) is 0 Å². The Kier molecular flexibility index (Phi) is 5.45. The molecule has 1 aromatic rings. The summed E-state index contributed by atoms with van der Waals surface area (Å²) in [7, 11) is 3.27. The molecule has 0 aromatic carbocycles. The van der Waals surface area contributed by atoms with Crippen molar-refractivity contribution in [2.75, 3.05) is 26.0 Å². The lowest BCUT2D eigenvalue weighted by atomic mass is 10.3. The van der Waals surface area contributed by atoms with Crippen molar-refractivity contribution < 1.29 is 19.5 Å². The second-order valence-corrected chi connectivity index (χ2v) is 4.16. The summed E-state index contributed by atoms with van der Waals surface area (Å²) in [5.41, 5.74) is 0.263. The highest BCUT2D eigenvalue weighted by Gasteiger charge is 2.07. The highest BCUT2D eigenvalue weighted by molar-refractivity contribution is 5.90. The van der Waals surface area contributed by atoms with Crippen LogP contribution in [0.5, 0.6) is 0 Å². The van der Waals surface area contributed by atoms with E-state index >= 15 is 0 Å². The Labute approximate surface area is 115 Å². The molecular weight excluding hydrogens is 264 g/mol. The van der Waals surface area contributed by atoms with E-state index in [4.69, 9.17) is 5.11 Å². The molecule has 3 amide bonds. The van der Waals surface area contributed by atoms with Gasteiger partial charge in [-0.05, 0) is 12.1 Å². The fraction of sp³-hybridized carbons (Fsp3) is 0.333. The van der Waals surface area contributed by atoms with Gasteiger partial charge in [0.15, 0.2) is 0 Å². The van der Waals surface area contributed by atoms with Crippen LogP contribution >= 0.6 is 0 Å². The standard InChI is InChI=1S/C12H16N4O4/c1-16(2)10(17)5-6-13-12(20)15-8-3-4-9(11(18)19)14-7-8/h3-4,7H,5-6H2,1-2H3,(H,18,19)(H2,13,15,20). The fourth-order valence-electron chi connectivity index (χ4n) is 1.28. The SMILES string of the molecule is CN(C)C(=O)CCNC(=O)Nc1ccc(C(=O)O)nc1. The molecule has 0 unspecified atom stereocenters. The minimum Gasteiger partial charge on any atom is -0.477 e. The minimum atomic E-state index is -1.14. The molecule has 0 atom stereocenters. The average Bonchev–Trinajstić information content (AvgIpc) is 2.39. The van der Waals surface area contributed by atoms with Crippen LogP contribution < -0.4 is 10.6 Å². The second-order valence-electron chi connectivity index (χ2n) is 4.16. The van der Waals surface area contributed by atoms with E-state index < -0.39 is 12.0 Å². The van der Waals surface area contributed by atoms with Crippen LogP contribution in [0.25, 0.3) is 0 Å². The number of hydrogen-bond acceptors (Lipinski definition) is 4. The topological polar surface area (TPSA) is 112 Å². The minimum absolute atomic E-state index is 0.0854. The van der Waals surface area contributed by atoms with Gasteiger partial charge in [0.2, 0.25) is 5.91 Å². The fourth-order valence-corrected chi connectivity index (χ4v) is 1.28. The number of nitrogens with zero attached hydrogens (tertiary/aromatic N) is 2. The smallest absolute Gasteiger partial charge is 0.354 e. The van der Waals surface area contributed by atoms with Crippen LogP contribution in [-0.2, 0) is 4.79 Å². The lowest BCUT2D eigenvalue weighted by Crippen LogP contribution is -2.33. The van der Waals surface area contributed by atoms with Gasteiger partial charge in [-0.15, -0.1) is 0 Å². The van der Waals surface area contributed by atoms with Gasteiger partial charge in [-0.25, -0.2) is 14.6 Å². The Bertz CT molecular complexity index is 499. The van der Waals surface area contributed by atoms with E-state index in [1.165, 1.54) is 23.2 Å². The summed E-state index contributed by atoms with van der Waals surface area (Å²) in [4.78, 5) is 38.5. The second kappa shape index (κ2) is 7.07. The van der Waals surface area contributed by atoms with Crippen molar-refractivity contribution in [2.45, 2.75) is 6.42 Å². The largest absolute Gasteiger partial charge is 0.477 e. The summed E-state index contributed by atoms with van der Waals surface area (Å²) in [6, 6.07) is 2.23. The van der Waals surface area contributed by atoms with E-state index in [0.717, 1.165) is 0 Å². The maximum Gasteiger partial charge on any atom is 0.354 e. The summed E-state index contributed by atoms with van der Waals surface area (Å²) >= 11 is 0. The number of hydrogen-bond donors (Lipinski definition) is 3. The average molecular weight is 280 g/mol. The number of rotatable bonds is 5. The van der Waals surface area contributed by atoms with Gasteiger partial charge in [0, 0.05) is 27.1 Å². The number of pyridine rings is 1. The molecular formula is C12H16N4O4. The van der Waals surface area contributed by atoms with Crippen LogP contribution in [0, 0.1) is 0 Å². The van der Waals surface area contributed by atoms with Gasteiger partial charge < -0.3 is 20.6 Å². The molecule has 20 heavy (non-hydrogen) atoms. The number of carboxylic acids is 1. The van der Waals surface area contributed by atoms with Crippen molar-refractivity contribution in [1.29, 1.82) is 0 Å². The zero-order valence-corrected chi connectivity index (χ0v) is 11.2. The molecule has 0 spiro atoms. The van der Waals surface area contributed by atoms with E-state index in [1.54, 1.807) is 14.1 Å². The Morgan fingerprint density at radius 3 is 2.50 bits per heavy atom. The number of amides is 3. The number of carbonyl (C=O) groups excluding carboxylic acids is 2. The molecule has 0 saturated carbocycles. The van der Waals surface area contributed by atoms with Crippen LogP contribution in [0.15, 0.2) is 18.3 Å². The first-order valence-electron chi connectivity index (χ1n) is 5.84. The van der Waals surface area contributed by atoms with Crippen LogP contribution in [0.3, 0.4) is 0 Å². The van der Waals surface area contributed by atoms with E-state index in [9.17, 15) is 14.4 Å². The van der Waals surface area contributed by atoms with E-state index in [1.807, 2.05) is 0 Å². The first-order chi connectivity index (χ1) is 9.40. The molecule has 3 N–H and O–H groups in total. The summed E-state index contributed by atoms with van der Waals surface area (Å²) in [6.45, 7) is 0.212. The Balaban J connectivity index is 2.39. The molecule has 0 aliphatic carbocycles. The maximum atomic E-state index is 11.5. The molecule has 0 aliphatic heterocycles. The van der Waals surface area contributed by atoms with Crippen LogP contribution in [0.1, 0.15) is 16.9 Å². The van der Waals surface area contributed by atoms with Gasteiger partial charge >= 0.3 is 12.0 Å². The number of urea groups is 1. The normalized spacial score (nSPS) is 9.70. The van der Waals surface area contributed by atoms with Crippen molar-refractivity contribution in [1.82, 2.24) is 15.2 Å². The number of carbonyl (C=O) groups is 3. The van der Waals surface area contributed by atoms with Crippen LogP contribution in [-0.4, -0.2) is 53.5 Å². The highest BCUT2D eigenvalue weighted by Crippen LogP contribution is 2.05. The number of nitrogens with one attached hydrogen (secondary N) is 2. The quantitative estimate of drug-likeness (QED) is 0.722. The van der Waals surface area contributed by atoms with Gasteiger partial charge in [0.25, 0.3) is 0 Å². The number of aromatic carboxylic acids is 1. The zero-order chi connectivity index (χ0) is 15.1. The highest BCUT2D eigenvalue weighted by atomic mass is 16.4. The van der Waals surface area contributed by atoms with Crippen molar-refractivity contribution in [3.05, 3.63) is 24.0 Å². The van der Waals surface area contributed by atoms with Crippen molar-refractivity contribution in [2.24, 2.45) is 0 Å². The molecule has 1 aromatic heterocycles. The zero-order valence-electron chi connectivity index (χ0n) is 11.2. The lowest BCUT2D eigenvalue weighted by Gasteiger charge is -2.11. The third-order valence-corrected chi connectivity index (χ3v) is 2.36. The van der Waals surface area contributed by atoms with Gasteiger partial charge in [-0.2, -0.15) is 0 Å². The first kappa shape index (κ1) is 15.4. The van der Waals surface area contributed by atoms with Gasteiger partial charge in [-0.3, -0.25) is 4.79 Å². The van der Waals surface area contributed by atoms with Crippen molar-refractivity contribution in [3.8, 4) is 0 Å². The molecule has 8 nitrogen and oxygen atoms in total. The third kappa shape index (κ3) is 4.92. The maximum absolute atomic E-state index is 11.5. The number of anilines is 1. The summed E-state index contributed by atoms with van der Waals surface area (Å²) < 4.78 is 0. The molecule has 8 heteroatoms. The third-order valence-electron chi connectivity index (χ3n) is 2.36. The summed E-state index contributed by atoms with van der Waals surface area (Å²) in [5, 5.41) is 13.7. The summed E-state index contributed by atoms with van der Waals surface area (Å²) in [5.74, 6) is -1.22. The molecule has 0 radical (unpaired) electrons. The van der Waals surface area contributed by atoms with Gasteiger partial charge in [0.05, 0.1) is 11.9 Å². The molecule has 1 heterocycles. The van der Waals surface area contributed by atoms with Crippen LogP contribution in [0.4, 0.5) is 10.5 Å². The lowest BCUT2D eigenvalue weighted by molar-refractivity contribution is -0.128. The van der Waals surface area contributed by atoms with Gasteiger partial charge in [0.1, 0.15) is 5.69 Å². The van der Waals surface area contributed by atoms with Crippen molar-refractivity contribution in [3.63, 3.8) is 0 Å². The Morgan fingerprint density at radius 2 is 2.00 bits per heavy atom. The molecule has 1 rings (SSSR count). The molecule has 0 bridgehead atoms. The Morgan fingerprint density at radius 1 is 1.30 bits per heavy atom. The summed E-state index contributed by atoms with van der Waals surface area (Å²) in [6.07, 6.45) is 1.45. The molecule has 108 valence electrons. The van der Waals surface area contributed by atoms with E-state index in [2.05, 4.69) is 15.6 Å². The van der Waals surface area contributed by atoms with E-state index in [-0.39, 0.29) is 24.6 Å². The molecule has 0 aliphatic rings. The van der Waals surface area contributed by atoms with E-state index in [0.29, 0.717) is 5.69 Å². The first-order valence-corrected chi connectivity index (χ1v) is 5.84. The number of carboxylic acid groups (broad SMARTS) is 1. The predicted molar refractivity (Wildman–Crippen MR) is 71.5 cm³/mol. The Hall–Kier alpha value is -2.64. The van der Waals surface area contributed by atoms with Crippen molar-refractivity contribution >= 4 is 23.6 Å². The monoisotopic (exact) mass is 280 g/mol. The number of aromatic nitrogens is 1.